The van der Waals surface area contributed by atoms with Gasteiger partial charge in [0, 0.05) is 49.5 Å². The number of nitrogens with zero attached hydrogens (tertiary/aromatic N) is 3. The molecule has 1 aliphatic carbocycles. The number of nitrogens with one attached hydrogen (secondary N) is 1. The Bertz CT molecular complexity index is 1670. The number of carbonyl (C=O) groups excluding carboxylic acids is 1. The average Bonchev–Trinajstić information content (AvgIpc) is 3.40. The monoisotopic (exact) mass is 599 g/mol. The topological polar surface area (TPSA) is 96.7 Å². The van der Waals surface area contributed by atoms with Crippen molar-refractivity contribution in [3.63, 3.8) is 0 Å². The van der Waals surface area contributed by atoms with Crippen LogP contribution in [-0.4, -0.2) is 60.9 Å². The lowest BCUT2D eigenvalue weighted by Gasteiger charge is -2.39. The molecule has 1 saturated heterocycles. The summed E-state index contributed by atoms with van der Waals surface area (Å²) in [4.78, 5) is 17.5. The summed E-state index contributed by atoms with van der Waals surface area (Å²) in [6, 6.07) is 19.5. The summed E-state index contributed by atoms with van der Waals surface area (Å²) in [5.41, 5.74) is 12.8. The highest BCUT2D eigenvalue weighted by Crippen LogP contribution is 2.43. The Labute approximate surface area is 257 Å². The van der Waals surface area contributed by atoms with Crippen LogP contribution in [0.2, 0.25) is 5.02 Å². The Kier molecular flexibility index (Phi) is 8.07. The van der Waals surface area contributed by atoms with Crippen LogP contribution in [0.1, 0.15) is 49.0 Å². The molecule has 3 aromatic carbocycles. The molecule has 0 radical (unpaired) electrons. The third-order valence-corrected chi connectivity index (χ3v) is 8.95. The maximum Gasteiger partial charge on any atom is 0.341 e. The van der Waals surface area contributed by atoms with Crippen molar-refractivity contribution in [3.8, 4) is 11.5 Å². The second-order valence-corrected chi connectivity index (χ2v) is 12.7. The minimum Gasteiger partial charge on any atom is -0.465 e. The number of allylic oxidation sites excluding steroid dienone is 1. The number of aromatic amines is 1. The summed E-state index contributed by atoms with van der Waals surface area (Å²) in [7, 11) is 1.37. The first-order chi connectivity index (χ1) is 20.7. The molecule has 1 aliphatic heterocycles. The third-order valence-electron chi connectivity index (χ3n) is 8.70. The zero-order valence-corrected chi connectivity index (χ0v) is 25.7. The number of rotatable bonds is 7. The standard InChI is InChI=1S/C34H38ClN5O3/c1-34(2)14-13-23(27(20-34)22-7-9-24(35)10-8-22)21-39-15-17-40(18-16-39)25-11-12-26(33(41)42-3)30(19-25)43-29-6-4-5-28-31(29)32(36)38-37-28/h4-12,19H,13-18,20-21H2,1-3H3,(H3,36,37,38). The van der Waals surface area contributed by atoms with Crippen LogP contribution in [0.5, 0.6) is 11.5 Å². The van der Waals surface area contributed by atoms with Gasteiger partial charge in [-0.25, -0.2) is 4.79 Å². The summed E-state index contributed by atoms with van der Waals surface area (Å²) in [6.45, 7) is 9.35. The summed E-state index contributed by atoms with van der Waals surface area (Å²) in [6.07, 6.45) is 3.40. The number of methoxy groups -OCH3 is 1. The smallest absolute Gasteiger partial charge is 0.341 e. The highest BCUT2D eigenvalue weighted by atomic mass is 35.5. The largest absolute Gasteiger partial charge is 0.465 e. The molecule has 0 saturated carbocycles. The first-order valence-electron chi connectivity index (χ1n) is 14.8. The van der Waals surface area contributed by atoms with E-state index in [4.69, 9.17) is 26.8 Å². The summed E-state index contributed by atoms with van der Waals surface area (Å²) in [5.74, 6) is 0.825. The number of carbonyl (C=O) groups is 1. The van der Waals surface area contributed by atoms with Gasteiger partial charge in [0.1, 0.15) is 17.1 Å². The molecule has 0 spiro atoms. The first-order valence-corrected chi connectivity index (χ1v) is 15.2. The highest BCUT2D eigenvalue weighted by molar-refractivity contribution is 6.30. The number of esters is 1. The maximum atomic E-state index is 12.6. The van der Waals surface area contributed by atoms with Gasteiger partial charge in [0.2, 0.25) is 0 Å². The van der Waals surface area contributed by atoms with Crippen molar-refractivity contribution in [2.24, 2.45) is 5.41 Å². The lowest BCUT2D eigenvalue weighted by molar-refractivity contribution is 0.0598. The van der Waals surface area contributed by atoms with Crippen molar-refractivity contribution in [1.29, 1.82) is 0 Å². The van der Waals surface area contributed by atoms with Crippen molar-refractivity contribution >= 4 is 45.6 Å². The number of halogens is 1. The number of hydrogen-bond acceptors (Lipinski definition) is 7. The third kappa shape index (κ3) is 6.21. The second-order valence-electron chi connectivity index (χ2n) is 12.3. The Morgan fingerprint density at radius 2 is 1.81 bits per heavy atom. The zero-order chi connectivity index (χ0) is 30.1. The number of hydrogen-bond donors (Lipinski definition) is 2. The van der Waals surface area contributed by atoms with Crippen molar-refractivity contribution in [3.05, 3.63) is 82.4 Å². The summed E-state index contributed by atoms with van der Waals surface area (Å²) < 4.78 is 11.4. The molecule has 2 heterocycles. The van der Waals surface area contributed by atoms with Crippen LogP contribution in [-0.2, 0) is 4.74 Å². The van der Waals surface area contributed by atoms with Gasteiger partial charge in [-0.1, -0.05) is 49.2 Å². The van der Waals surface area contributed by atoms with E-state index < -0.39 is 5.97 Å². The van der Waals surface area contributed by atoms with Crippen LogP contribution < -0.4 is 15.4 Å². The predicted octanol–water partition coefficient (Wildman–Crippen LogP) is 7.16. The number of ether oxygens (including phenoxy) is 2. The number of nitrogens with two attached hydrogens (primary N) is 1. The number of benzene rings is 3. The van der Waals surface area contributed by atoms with Crippen LogP contribution in [0, 0.1) is 5.41 Å². The van der Waals surface area contributed by atoms with Gasteiger partial charge in [0.15, 0.2) is 5.82 Å². The molecule has 6 rings (SSSR count). The molecule has 1 aromatic heterocycles. The molecule has 0 unspecified atom stereocenters. The van der Waals surface area contributed by atoms with Gasteiger partial charge in [-0.15, -0.1) is 0 Å². The molecule has 3 N–H and O–H groups in total. The molecule has 2 aliphatic rings. The van der Waals surface area contributed by atoms with Gasteiger partial charge < -0.3 is 20.1 Å². The van der Waals surface area contributed by atoms with E-state index in [1.54, 1.807) is 11.6 Å². The summed E-state index contributed by atoms with van der Waals surface area (Å²) >= 11 is 6.20. The normalized spacial score (nSPS) is 17.3. The number of aromatic nitrogens is 2. The second kappa shape index (κ2) is 11.9. The minimum absolute atomic E-state index is 0.294. The molecule has 8 nitrogen and oxygen atoms in total. The minimum atomic E-state index is -0.459. The SMILES string of the molecule is COC(=O)c1ccc(N2CCN(CC3=C(c4ccc(Cl)cc4)CC(C)(C)CC3)CC2)cc1Oc1cccc2[nH]nc(N)c12. The van der Waals surface area contributed by atoms with E-state index in [1.807, 2.05) is 42.5 Å². The zero-order valence-electron chi connectivity index (χ0n) is 25.0. The van der Waals surface area contributed by atoms with Crippen LogP contribution in [0.3, 0.4) is 0 Å². The van der Waals surface area contributed by atoms with Gasteiger partial charge in [-0.2, -0.15) is 5.10 Å². The fourth-order valence-corrected chi connectivity index (χ4v) is 6.36. The van der Waals surface area contributed by atoms with Gasteiger partial charge in [0.05, 0.1) is 18.0 Å². The lowest BCUT2D eigenvalue weighted by atomic mass is 9.72. The van der Waals surface area contributed by atoms with E-state index in [0.29, 0.717) is 33.7 Å². The van der Waals surface area contributed by atoms with E-state index in [0.717, 1.165) is 61.8 Å². The van der Waals surface area contributed by atoms with Crippen molar-refractivity contribution < 1.29 is 14.3 Å². The Morgan fingerprint density at radius 1 is 1.05 bits per heavy atom. The van der Waals surface area contributed by atoms with Crippen LogP contribution in [0.25, 0.3) is 16.5 Å². The Morgan fingerprint density at radius 3 is 2.56 bits per heavy atom. The van der Waals surface area contributed by atoms with E-state index in [2.05, 4.69) is 46.0 Å². The van der Waals surface area contributed by atoms with Gasteiger partial charge in [-0.05, 0) is 72.2 Å². The number of H-pyrrole nitrogens is 1. The van der Waals surface area contributed by atoms with Crippen molar-refractivity contribution in [1.82, 2.24) is 15.1 Å². The molecule has 9 heteroatoms. The highest BCUT2D eigenvalue weighted by Gasteiger charge is 2.29. The van der Waals surface area contributed by atoms with E-state index in [-0.39, 0.29) is 0 Å². The summed E-state index contributed by atoms with van der Waals surface area (Å²) in [5, 5.41) is 8.46. The van der Waals surface area contributed by atoms with Gasteiger partial charge in [0.25, 0.3) is 0 Å². The number of nitrogen functional groups attached to an aromatic ring is 1. The van der Waals surface area contributed by atoms with Gasteiger partial charge in [-0.3, -0.25) is 10.00 Å². The molecular formula is C34H38ClN5O3. The Hall–Kier alpha value is -4.01. The molecule has 4 aromatic rings. The molecule has 0 amide bonds. The van der Waals surface area contributed by atoms with Gasteiger partial charge >= 0.3 is 5.97 Å². The molecule has 0 atom stereocenters. The van der Waals surface area contributed by atoms with E-state index in [9.17, 15) is 4.79 Å². The van der Waals surface area contributed by atoms with Crippen LogP contribution >= 0.6 is 11.6 Å². The first kappa shape index (κ1) is 29.1. The molecule has 224 valence electrons. The lowest BCUT2D eigenvalue weighted by Crippen LogP contribution is -2.47. The number of anilines is 2. The molecular weight excluding hydrogens is 562 g/mol. The number of piperazine rings is 1. The predicted molar refractivity (Wildman–Crippen MR) is 173 cm³/mol. The number of fused-ring (bicyclic) bond motifs is 1. The average molecular weight is 600 g/mol. The van der Waals surface area contributed by atoms with Crippen LogP contribution in [0.15, 0.2) is 66.2 Å². The molecule has 1 fully saturated rings. The Balaban J connectivity index is 1.20. The van der Waals surface area contributed by atoms with E-state index >= 15 is 0 Å². The molecule has 0 bridgehead atoms. The van der Waals surface area contributed by atoms with E-state index in [1.165, 1.54) is 24.7 Å². The fourth-order valence-electron chi connectivity index (χ4n) is 6.24. The maximum absolute atomic E-state index is 12.6. The fraction of sp³-hybridized carbons (Fsp3) is 0.353. The van der Waals surface area contributed by atoms with Crippen molar-refractivity contribution in [2.45, 2.75) is 33.1 Å². The molecule has 43 heavy (non-hydrogen) atoms. The van der Waals surface area contributed by atoms with Crippen molar-refractivity contribution in [2.75, 3.05) is 50.5 Å². The quantitative estimate of drug-likeness (QED) is 0.217. The van der Waals surface area contributed by atoms with Crippen LogP contribution in [0.4, 0.5) is 11.5 Å².